The van der Waals surface area contributed by atoms with Gasteiger partial charge in [0, 0.05) is 11.9 Å². The van der Waals surface area contributed by atoms with Crippen LogP contribution < -0.4 is 15.4 Å². The minimum atomic E-state index is -0.735. The van der Waals surface area contributed by atoms with E-state index in [4.69, 9.17) is 4.74 Å². The van der Waals surface area contributed by atoms with Crippen LogP contribution in [0.4, 0.5) is 5.69 Å². The van der Waals surface area contributed by atoms with Gasteiger partial charge in [0.25, 0.3) is 0 Å². The van der Waals surface area contributed by atoms with E-state index in [2.05, 4.69) is 22.2 Å². The molecule has 0 fully saturated rings. The number of pyridine rings is 1. The molecule has 2 N–H and O–H groups in total. The summed E-state index contributed by atoms with van der Waals surface area (Å²) in [6.07, 6.45) is 3.26. The average molecular weight is 311 g/mol. The fourth-order valence-electron chi connectivity index (χ4n) is 1.73. The van der Waals surface area contributed by atoms with Crippen LogP contribution in [0, 0.1) is 0 Å². The quantitative estimate of drug-likeness (QED) is 0.631. The van der Waals surface area contributed by atoms with E-state index in [9.17, 15) is 9.59 Å². The molecule has 23 heavy (non-hydrogen) atoms. The highest BCUT2D eigenvalue weighted by Crippen LogP contribution is 2.15. The summed E-state index contributed by atoms with van der Waals surface area (Å²) < 4.78 is 5.33. The van der Waals surface area contributed by atoms with Gasteiger partial charge in [-0.05, 0) is 36.4 Å². The molecule has 0 aliphatic heterocycles. The molecule has 0 radical (unpaired) electrons. The van der Waals surface area contributed by atoms with E-state index in [-0.39, 0.29) is 6.54 Å². The van der Waals surface area contributed by atoms with Crippen LogP contribution in [-0.4, -0.2) is 23.4 Å². The molecule has 0 bridgehead atoms. The van der Waals surface area contributed by atoms with Crippen LogP contribution in [-0.2, 0) is 16.1 Å². The number of benzene rings is 1. The lowest BCUT2D eigenvalue weighted by molar-refractivity contribution is -0.136. The summed E-state index contributed by atoms with van der Waals surface area (Å²) in [5.41, 5.74) is 1.19. The van der Waals surface area contributed by atoms with Crippen LogP contribution in [0.1, 0.15) is 5.69 Å². The molecule has 2 rings (SSSR count). The van der Waals surface area contributed by atoms with Gasteiger partial charge in [0.2, 0.25) is 0 Å². The van der Waals surface area contributed by atoms with Crippen molar-refractivity contribution in [1.82, 2.24) is 10.3 Å². The first kappa shape index (κ1) is 16.2. The maximum atomic E-state index is 11.8. The van der Waals surface area contributed by atoms with Gasteiger partial charge >= 0.3 is 11.8 Å². The summed E-state index contributed by atoms with van der Waals surface area (Å²) in [5.74, 6) is -0.800. The Bertz CT molecular complexity index is 669. The van der Waals surface area contributed by atoms with Crippen LogP contribution in [0.3, 0.4) is 0 Å². The Kier molecular flexibility index (Phi) is 5.88. The Morgan fingerprint density at radius 2 is 1.91 bits per heavy atom. The number of anilines is 1. The van der Waals surface area contributed by atoms with Gasteiger partial charge in [-0.3, -0.25) is 14.6 Å². The molecule has 0 saturated carbocycles. The third kappa shape index (κ3) is 5.28. The molecule has 2 aromatic rings. The summed E-state index contributed by atoms with van der Waals surface area (Å²) in [4.78, 5) is 27.6. The average Bonchev–Trinajstić information content (AvgIpc) is 2.60. The second kappa shape index (κ2) is 8.33. The van der Waals surface area contributed by atoms with E-state index in [0.29, 0.717) is 23.7 Å². The molecule has 1 heterocycles. The van der Waals surface area contributed by atoms with Crippen molar-refractivity contribution in [2.24, 2.45) is 0 Å². The number of amides is 2. The molecular weight excluding hydrogens is 294 g/mol. The maximum Gasteiger partial charge on any atom is 0.313 e. The zero-order valence-corrected chi connectivity index (χ0v) is 12.5. The number of carbonyl (C=O) groups excluding carboxylic acids is 2. The van der Waals surface area contributed by atoms with Crippen molar-refractivity contribution in [3.63, 3.8) is 0 Å². The van der Waals surface area contributed by atoms with Gasteiger partial charge in [0.05, 0.1) is 12.2 Å². The molecule has 0 atom stereocenters. The van der Waals surface area contributed by atoms with E-state index in [1.165, 1.54) is 0 Å². The molecule has 6 nitrogen and oxygen atoms in total. The number of ether oxygens (including phenoxy) is 1. The minimum absolute atomic E-state index is 0.196. The molecule has 2 amide bonds. The largest absolute Gasteiger partial charge is 0.490 e. The van der Waals surface area contributed by atoms with Gasteiger partial charge in [0.15, 0.2) is 0 Å². The predicted molar refractivity (Wildman–Crippen MR) is 86.8 cm³/mol. The smallest absolute Gasteiger partial charge is 0.313 e. The number of carbonyl (C=O) groups is 2. The first-order valence-electron chi connectivity index (χ1n) is 7.02. The summed E-state index contributed by atoms with van der Waals surface area (Å²) in [6.45, 7) is 4.16. The van der Waals surface area contributed by atoms with Gasteiger partial charge in [-0.2, -0.15) is 0 Å². The van der Waals surface area contributed by atoms with E-state index < -0.39 is 11.8 Å². The highest BCUT2D eigenvalue weighted by Gasteiger charge is 2.13. The molecule has 1 aromatic heterocycles. The van der Waals surface area contributed by atoms with Gasteiger partial charge in [0.1, 0.15) is 12.4 Å². The molecule has 0 aliphatic carbocycles. The highest BCUT2D eigenvalue weighted by molar-refractivity contribution is 6.39. The Morgan fingerprint density at radius 3 is 2.57 bits per heavy atom. The number of nitrogens with zero attached hydrogens (tertiary/aromatic N) is 1. The molecule has 118 valence electrons. The van der Waals surface area contributed by atoms with Crippen molar-refractivity contribution in [1.29, 1.82) is 0 Å². The second-order valence-corrected chi connectivity index (χ2v) is 4.58. The Hall–Kier alpha value is -3.15. The standard InChI is InChI=1S/C17H17N3O3/c1-2-11-23-15-8-6-13(7-9-15)20-17(22)16(21)19-12-14-5-3-4-10-18-14/h2-10H,1,11-12H2,(H,19,21)(H,20,22). The first-order valence-corrected chi connectivity index (χ1v) is 7.02. The fraction of sp³-hybridized carbons (Fsp3) is 0.118. The number of hydrogen-bond donors (Lipinski definition) is 2. The van der Waals surface area contributed by atoms with E-state index in [0.717, 1.165) is 0 Å². The monoisotopic (exact) mass is 311 g/mol. The Balaban J connectivity index is 1.83. The van der Waals surface area contributed by atoms with E-state index in [1.807, 2.05) is 6.07 Å². The minimum Gasteiger partial charge on any atom is -0.490 e. The number of hydrogen-bond acceptors (Lipinski definition) is 4. The maximum absolute atomic E-state index is 11.8. The third-order valence-corrected chi connectivity index (χ3v) is 2.84. The van der Waals surface area contributed by atoms with Crippen LogP contribution >= 0.6 is 0 Å². The van der Waals surface area contributed by atoms with Crippen molar-refractivity contribution in [3.05, 3.63) is 67.0 Å². The summed E-state index contributed by atoms with van der Waals surface area (Å²) >= 11 is 0. The molecule has 0 saturated heterocycles. The van der Waals surface area contributed by atoms with Crippen molar-refractivity contribution >= 4 is 17.5 Å². The van der Waals surface area contributed by atoms with Gasteiger partial charge in [-0.15, -0.1) is 0 Å². The number of nitrogens with one attached hydrogen (secondary N) is 2. The van der Waals surface area contributed by atoms with Gasteiger partial charge < -0.3 is 15.4 Å². The Morgan fingerprint density at radius 1 is 1.13 bits per heavy atom. The molecule has 6 heteroatoms. The molecule has 0 unspecified atom stereocenters. The predicted octanol–water partition coefficient (Wildman–Crippen LogP) is 1.90. The molecule has 1 aromatic carbocycles. The molecule has 0 spiro atoms. The number of rotatable bonds is 6. The topological polar surface area (TPSA) is 80.3 Å². The zero-order chi connectivity index (χ0) is 16.5. The van der Waals surface area contributed by atoms with Crippen molar-refractivity contribution < 1.29 is 14.3 Å². The molecule has 0 aliphatic rings. The fourth-order valence-corrected chi connectivity index (χ4v) is 1.73. The summed E-state index contributed by atoms with van der Waals surface area (Å²) in [7, 11) is 0. The lowest BCUT2D eigenvalue weighted by Crippen LogP contribution is -2.35. The van der Waals surface area contributed by atoms with Gasteiger partial charge in [-0.1, -0.05) is 18.7 Å². The van der Waals surface area contributed by atoms with Crippen LogP contribution in [0.15, 0.2) is 61.3 Å². The van der Waals surface area contributed by atoms with Crippen LogP contribution in [0.2, 0.25) is 0 Å². The van der Waals surface area contributed by atoms with Crippen LogP contribution in [0.5, 0.6) is 5.75 Å². The summed E-state index contributed by atoms with van der Waals surface area (Å²) in [5, 5.41) is 5.02. The first-order chi connectivity index (χ1) is 11.2. The van der Waals surface area contributed by atoms with Crippen molar-refractivity contribution in [2.45, 2.75) is 6.54 Å². The zero-order valence-electron chi connectivity index (χ0n) is 12.5. The number of aromatic nitrogens is 1. The van der Waals surface area contributed by atoms with Crippen LogP contribution in [0.25, 0.3) is 0 Å². The highest BCUT2D eigenvalue weighted by atomic mass is 16.5. The second-order valence-electron chi connectivity index (χ2n) is 4.58. The lowest BCUT2D eigenvalue weighted by atomic mass is 10.3. The SMILES string of the molecule is C=CCOc1ccc(NC(=O)C(=O)NCc2ccccn2)cc1. The lowest BCUT2D eigenvalue weighted by Gasteiger charge is -2.07. The third-order valence-electron chi connectivity index (χ3n) is 2.84. The van der Waals surface area contributed by atoms with E-state index >= 15 is 0 Å². The van der Waals surface area contributed by atoms with E-state index in [1.54, 1.807) is 48.7 Å². The van der Waals surface area contributed by atoms with Gasteiger partial charge in [-0.25, -0.2) is 0 Å². The summed E-state index contributed by atoms with van der Waals surface area (Å²) in [6, 6.07) is 12.1. The normalized spacial score (nSPS) is 9.74. The van der Waals surface area contributed by atoms with Crippen molar-refractivity contribution in [2.75, 3.05) is 11.9 Å². The van der Waals surface area contributed by atoms with Crippen molar-refractivity contribution in [3.8, 4) is 5.75 Å². The molecular formula is C17H17N3O3. The Labute approximate surface area is 134 Å².